The molecule has 3 N–H and O–H groups in total. The molecule has 0 aromatic rings. The highest BCUT2D eigenvalue weighted by atomic mass is 32.2. The van der Waals surface area contributed by atoms with Crippen LogP contribution in [0, 0.1) is 0 Å². The second-order valence-corrected chi connectivity index (χ2v) is 4.86. The summed E-state index contributed by atoms with van der Waals surface area (Å²) in [5, 5.41) is 20.1. The molecule has 0 aromatic carbocycles. The van der Waals surface area contributed by atoms with Crippen molar-refractivity contribution in [1.82, 2.24) is 5.32 Å². The SMILES string of the molecule is CCNC(CS(C)(=O)=O)C(O)O. The number of sulfone groups is 1. The Hall–Kier alpha value is -0.170. The molecule has 0 fully saturated rings. The number of aliphatic hydroxyl groups excluding tert-OH is 1. The van der Waals surface area contributed by atoms with Crippen molar-refractivity contribution >= 4 is 9.84 Å². The predicted molar refractivity (Wildman–Crippen MR) is 45.4 cm³/mol. The van der Waals surface area contributed by atoms with Gasteiger partial charge in [-0.1, -0.05) is 6.92 Å². The first-order chi connectivity index (χ1) is 5.37. The highest BCUT2D eigenvalue weighted by molar-refractivity contribution is 7.90. The number of aliphatic hydroxyl groups is 2. The van der Waals surface area contributed by atoms with E-state index >= 15 is 0 Å². The monoisotopic (exact) mass is 197 g/mol. The van der Waals surface area contributed by atoms with Crippen molar-refractivity contribution in [2.75, 3.05) is 18.6 Å². The topological polar surface area (TPSA) is 86.6 Å². The molecule has 0 aliphatic rings. The van der Waals surface area contributed by atoms with Gasteiger partial charge in [0.2, 0.25) is 0 Å². The molecule has 0 bridgehead atoms. The van der Waals surface area contributed by atoms with Gasteiger partial charge in [0.05, 0.1) is 11.8 Å². The van der Waals surface area contributed by atoms with E-state index in [4.69, 9.17) is 10.2 Å². The smallest absolute Gasteiger partial charge is 0.168 e. The van der Waals surface area contributed by atoms with E-state index in [1.54, 1.807) is 6.92 Å². The van der Waals surface area contributed by atoms with Gasteiger partial charge in [-0.2, -0.15) is 0 Å². The van der Waals surface area contributed by atoms with Gasteiger partial charge in [0.1, 0.15) is 9.84 Å². The highest BCUT2D eigenvalue weighted by Crippen LogP contribution is 1.95. The Labute approximate surface area is 72.3 Å². The molecule has 74 valence electrons. The Morgan fingerprint density at radius 3 is 2.17 bits per heavy atom. The summed E-state index contributed by atoms with van der Waals surface area (Å²) in [6.07, 6.45) is -0.584. The van der Waals surface area contributed by atoms with E-state index in [0.29, 0.717) is 6.54 Å². The number of nitrogens with one attached hydrogen (secondary N) is 1. The van der Waals surface area contributed by atoms with Crippen LogP contribution in [-0.4, -0.2) is 49.5 Å². The van der Waals surface area contributed by atoms with Crippen molar-refractivity contribution in [3.63, 3.8) is 0 Å². The summed E-state index contributed by atoms with van der Waals surface area (Å²) in [7, 11) is -3.17. The molecule has 0 saturated heterocycles. The van der Waals surface area contributed by atoms with Crippen LogP contribution in [0.15, 0.2) is 0 Å². The average molecular weight is 197 g/mol. The predicted octanol–water partition coefficient (Wildman–Crippen LogP) is -1.68. The van der Waals surface area contributed by atoms with E-state index in [1.807, 2.05) is 0 Å². The van der Waals surface area contributed by atoms with Crippen molar-refractivity contribution in [1.29, 1.82) is 0 Å². The molecule has 1 atom stereocenters. The summed E-state index contributed by atoms with van der Waals surface area (Å²) in [4.78, 5) is 0. The van der Waals surface area contributed by atoms with Crippen LogP contribution in [-0.2, 0) is 9.84 Å². The van der Waals surface area contributed by atoms with Gasteiger partial charge < -0.3 is 15.5 Å². The summed E-state index contributed by atoms with van der Waals surface area (Å²) < 4.78 is 21.5. The second-order valence-electron chi connectivity index (χ2n) is 2.67. The largest absolute Gasteiger partial charge is 0.367 e. The number of hydrogen-bond donors (Lipinski definition) is 3. The van der Waals surface area contributed by atoms with Crippen molar-refractivity contribution in [3.8, 4) is 0 Å². The zero-order chi connectivity index (χ0) is 9.78. The molecule has 5 nitrogen and oxygen atoms in total. The van der Waals surface area contributed by atoms with Crippen molar-refractivity contribution in [2.24, 2.45) is 0 Å². The Bertz CT molecular complexity index is 212. The minimum Gasteiger partial charge on any atom is -0.367 e. The van der Waals surface area contributed by atoms with Crippen LogP contribution in [0.5, 0.6) is 0 Å². The van der Waals surface area contributed by atoms with Crippen molar-refractivity contribution < 1.29 is 18.6 Å². The maximum absolute atomic E-state index is 10.8. The molecule has 1 unspecified atom stereocenters. The second kappa shape index (κ2) is 4.76. The molecule has 0 heterocycles. The lowest BCUT2D eigenvalue weighted by Gasteiger charge is -2.18. The normalized spacial score (nSPS) is 15.1. The van der Waals surface area contributed by atoms with Gasteiger partial charge in [-0.3, -0.25) is 0 Å². The molecular weight excluding hydrogens is 182 g/mol. The Kier molecular flexibility index (Phi) is 4.69. The Morgan fingerprint density at radius 1 is 1.42 bits per heavy atom. The van der Waals surface area contributed by atoms with Gasteiger partial charge >= 0.3 is 0 Å². The fourth-order valence-corrected chi connectivity index (χ4v) is 1.78. The summed E-state index contributed by atoms with van der Waals surface area (Å²) in [5.41, 5.74) is 0. The third kappa shape index (κ3) is 5.48. The first-order valence-corrected chi connectivity index (χ1v) is 5.70. The quantitative estimate of drug-likeness (QED) is 0.458. The lowest BCUT2D eigenvalue weighted by Crippen LogP contribution is -2.44. The fraction of sp³-hybridized carbons (Fsp3) is 1.00. The number of likely N-dealkylation sites (N-methyl/N-ethyl adjacent to an activating group) is 1. The maximum Gasteiger partial charge on any atom is 0.168 e. The minimum absolute atomic E-state index is 0.265. The van der Waals surface area contributed by atoms with E-state index in [9.17, 15) is 8.42 Å². The van der Waals surface area contributed by atoms with Crippen molar-refractivity contribution in [2.45, 2.75) is 19.3 Å². The van der Waals surface area contributed by atoms with E-state index in [2.05, 4.69) is 5.32 Å². The summed E-state index contributed by atoms with van der Waals surface area (Å²) >= 11 is 0. The third-order valence-electron chi connectivity index (χ3n) is 1.31. The van der Waals surface area contributed by atoms with Gasteiger partial charge in [-0.05, 0) is 6.54 Å². The van der Waals surface area contributed by atoms with Crippen LogP contribution < -0.4 is 5.32 Å². The highest BCUT2D eigenvalue weighted by Gasteiger charge is 2.20. The molecule has 0 aliphatic carbocycles. The summed E-state index contributed by atoms with van der Waals surface area (Å²) in [5.74, 6) is -0.265. The van der Waals surface area contributed by atoms with Gasteiger partial charge in [-0.15, -0.1) is 0 Å². The first kappa shape index (κ1) is 11.8. The maximum atomic E-state index is 10.8. The van der Waals surface area contributed by atoms with E-state index in [1.165, 1.54) is 0 Å². The van der Waals surface area contributed by atoms with Gasteiger partial charge in [0.25, 0.3) is 0 Å². The van der Waals surface area contributed by atoms with Gasteiger partial charge in [0, 0.05) is 6.26 Å². The Balaban J connectivity index is 4.14. The molecular formula is C6H15NO4S. The van der Waals surface area contributed by atoms with Crippen LogP contribution >= 0.6 is 0 Å². The lowest BCUT2D eigenvalue weighted by atomic mass is 10.3. The molecule has 6 heteroatoms. The number of rotatable bonds is 5. The Morgan fingerprint density at radius 2 is 1.92 bits per heavy atom. The molecule has 12 heavy (non-hydrogen) atoms. The molecule has 0 aliphatic heterocycles. The third-order valence-corrected chi connectivity index (χ3v) is 2.27. The van der Waals surface area contributed by atoms with Crippen LogP contribution in [0.1, 0.15) is 6.92 Å². The van der Waals surface area contributed by atoms with Crippen LogP contribution in [0.2, 0.25) is 0 Å². The first-order valence-electron chi connectivity index (χ1n) is 3.64. The average Bonchev–Trinajstić information content (AvgIpc) is 1.83. The van der Waals surface area contributed by atoms with Gasteiger partial charge in [-0.25, -0.2) is 8.42 Å². The molecule has 0 amide bonds. The van der Waals surface area contributed by atoms with Crippen LogP contribution in [0.4, 0.5) is 0 Å². The molecule has 0 saturated carbocycles. The molecule has 0 radical (unpaired) electrons. The summed E-state index contributed by atoms with van der Waals surface area (Å²) in [6, 6.07) is -0.801. The molecule has 0 aromatic heterocycles. The van der Waals surface area contributed by atoms with E-state index < -0.39 is 22.2 Å². The van der Waals surface area contributed by atoms with E-state index in [-0.39, 0.29) is 5.75 Å². The molecule has 0 spiro atoms. The minimum atomic E-state index is -3.17. The standard InChI is InChI=1S/C6H15NO4S/c1-3-7-5(6(8)9)4-12(2,10)11/h5-9H,3-4H2,1-2H3. The van der Waals surface area contributed by atoms with Crippen LogP contribution in [0.3, 0.4) is 0 Å². The fourth-order valence-electron chi connectivity index (χ4n) is 0.839. The van der Waals surface area contributed by atoms with E-state index in [0.717, 1.165) is 6.26 Å². The lowest BCUT2D eigenvalue weighted by molar-refractivity contribution is -0.0612. The molecule has 0 rings (SSSR count). The van der Waals surface area contributed by atoms with Crippen molar-refractivity contribution in [3.05, 3.63) is 0 Å². The zero-order valence-corrected chi connectivity index (χ0v) is 8.00. The number of hydrogen-bond acceptors (Lipinski definition) is 5. The summed E-state index contributed by atoms with van der Waals surface area (Å²) in [6.45, 7) is 2.26. The van der Waals surface area contributed by atoms with Crippen LogP contribution in [0.25, 0.3) is 0 Å². The zero-order valence-electron chi connectivity index (χ0n) is 7.19. The van der Waals surface area contributed by atoms with Gasteiger partial charge in [0.15, 0.2) is 6.29 Å².